The molecule has 0 bridgehead atoms. The van der Waals surface area contributed by atoms with E-state index < -0.39 is 6.10 Å². The van der Waals surface area contributed by atoms with Crippen molar-refractivity contribution < 1.29 is 34.0 Å². The average Bonchev–Trinajstić information content (AvgIpc) is 3.28. The zero-order chi connectivity index (χ0) is 27.0. The first-order chi connectivity index (χ1) is 18.4. The second-order valence-corrected chi connectivity index (χ2v) is 9.64. The summed E-state index contributed by atoms with van der Waals surface area (Å²) in [4.78, 5) is 11.8. The van der Waals surface area contributed by atoms with Gasteiger partial charge in [-0.3, -0.25) is 4.79 Å². The Morgan fingerprint density at radius 1 is 1.05 bits per heavy atom. The number of rotatable bonds is 8. The van der Waals surface area contributed by atoms with Crippen molar-refractivity contribution in [2.45, 2.75) is 45.3 Å². The van der Waals surface area contributed by atoms with Gasteiger partial charge in [-0.2, -0.15) is 0 Å². The van der Waals surface area contributed by atoms with Gasteiger partial charge in [0.05, 0.1) is 20.1 Å². The molecule has 0 unspecified atom stereocenters. The Hall–Kier alpha value is -3.91. The Kier molecular flexibility index (Phi) is 7.08. The monoisotopic (exact) mass is 519 g/mol. The number of phenols is 2. The lowest BCUT2D eigenvalue weighted by Gasteiger charge is -2.24. The maximum absolute atomic E-state index is 11.8. The summed E-state index contributed by atoms with van der Waals surface area (Å²) in [5.74, 6) is 1.38. The number of phenolic OH excluding ortho intramolecular Hbond substituents is 2. The summed E-state index contributed by atoms with van der Waals surface area (Å²) in [5.41, 5.74) is 6.76. The number of hydrogen-bond donors (Lipinski definition) is 3. The molecule has 0 fully saturated rings. The second-order valence-electron chi connectivity index (χ2n) is 9.64. The second kappa shape index (κ2) is 10.5. The largest absolute Gasteiger partial charge is 0.508 e. The highest BCUT2D eigenvalue weighted by Gasteiger charge is 2.41. The van der Waals surface area contributed by atoms with Crippen LogP contribution in [0, 0.1) is 0 Å². The Balaban J connectivity index is 1.64. The molecule has 3 aromatic carbocycles. The Morgan fingerprint density at radius 2 is 1.84 bits per heavy atom. The highest BCUT2D eigenvalue weighted by Crippen LogP contribution is 2.54. The van der Waals surface area contributed by atoms with Gasteiger partial charge in [0.1, 0.15) is 30.0 Å². The van der Waals surface area contributed by atoms with E-state index in [9.17, 15) is 15.0 Å². The number of benzene rings is 3. The van der Waals surface area contributed by atoms with E-state index in [-0.39, 0.29) is 30.0 Å². The van der Waals surface area contributed by atoms with E-state index in [1.54, 1.807) is 25.3 Å². The number of aryl methyl sites for hydroxylation is 1. The lowest BCUT2D eigenvalue weighted by atomic mass is 9.81. The Labute approximate surface area is 222 Å². The molecule has 0 amide bonds. The van der Waals surface area contributed by atoms with Gasteiger partial charge in [-0.15, -0.1) is 0 Å². The van der Waals surface area contributed by atoms with Crippen molar-refractivity contribution in [3.63, 3.8) is 0 Å². The number of methoxy groups -OCH3 is 2. The van der Waals surface area contributed by atoms with Crippen LogP contribution >= 0.6 is 0 Å². The molecule has 38 heavy (non-hydrogen) atoms. The van der Waals surface area contributed by atoms with Crippen molar-refractivity contribution >= 4 is 5.97 Å². The summed E-state index contributed by atoms with van der Waals surface area (Å²) in [6.45, 7) is 4.87. The minimum Gasteiger partial charge on any atom is -0.508 e. The van der Waals surface area contributed by atoms with E-state index in [2.05, 4.69) is 11.4 Å². The molecular weight excluding hydrogens is 486 g/mol. The smallest absolute Gasteiger partial charge is 0.302 e. The molecule has 0 aromatic heterocycles. The summed E-state index contributed by atoms with van der Waals surface area (Å²) < 4.78 is 23.4. The molecule has 0 radical (unpaired) electrons. The van der Waals surface area contributed by atoms with Crippen LogP contribution in [0.5, 0.6) is 28.7 Å². The third-order valence-corrected chi connectivity index (χ3v) is 7.38. The first-order valence-corrected chi connectivity index (χ1v) is 12.8. The summed E-state index contributed by atoms with van der Waals surface area (Å²) in [6, 6.07) is 11.0. The summed E-state index contributed by atoms with van der Waals surface area (Å²) in [5, 5.41) is 24.0. The fraction of sp³-hybridized carbons (Fsp3) is 0.367. The molecule has 0 saturated heterocycles. The first kappa shape index (κ1) is 25.7. The minimum atomic E-state index is -0.456. The topological polar surface area (TPSA) is 106 Å². The SMILES string of the molecule is CCNCc1cc(O)c(OC)cc1[C@H]1Oc2c(ccc3c2CCc2cc(O)cc(OC)c2-3)[C@@H]1COC(C)=O. The molecule has 8 heteroatoms. The zero-order valence-electron chi connectivity index (χ0n) is 22.1. The fourth-order valence-corrected chi connectivity index (χ4v) is 5.65. The molecule has 2 aliphatic rings. The zero-order valence-corrected chi connectivity index (χ0v) is 22.1. The quantitative estimate of drug-likeness (QED) is 0.366. The Bertz CT molecular complexity index is 1370. The van der Waals surface area contributed by atoms with Crippen molar-refractivity contribution in [3.05, 3.63) is 64.2 Å². The first-order valence-electron chi connectivity index (χ1n) is 12.8. The number of hydrogen-bond acceptors (Lipinski definition) is 8. The molecule has 8 nitrogen and oxygen atoms in total. The van der Waals surface area contributed by atoms with Crippen molar-refractivity contribution in [3.8, 4) is 39.9 Å². The number of esters is 1. The van der Waals surface area contributed by atoms with Crippen LogP contribution < -0.4 is 19.5 Å². The van der Waals surface area contributed by atoms with Gasteiger partial charge in [-0.25, -0.2) is 0 Å². The van der Waals surface area contributed by atoms with Gasteiger partial charge in [0, 0.05) is 41.8 Å². The van der Waals surface area contributed by atoms with Crippen LogP contribution in [0.3, 0.4) is 0 Å². The van der Waals surface area contributed by atoms with Crippen LogP contribution in [0.1, 0.15) is 53.7 Å². The molecule has 0 saturated carbocycles. The van der Waals surface area contributed by atoms with Crippen molar-refractivity contribution in [2.75, 3.05) is 27.4 Å². The van der Waals surface area contributed by atoms with Gasteiger partial charge < -0.3 is 34.5 Å². The minimum absolute atomic E-state index is 0.0561. The van der Waals surface area contributed by atoms with E-state index in [4.69, 9.17) is 18.9 Å². The van der Waals surface area contributed by atoms with Crippen molar-refractivity contribution in [1.82, 2.24) is 5.32 Å². The molecule has 1 heterocycles. The number of ether oxygens (including phenoxy) is 4. The number of carbonyl (C=O) groups is 1. The van der Waals surface area contributed by atoms with Crippen LogP contribution in [-0.2, 0) is 28.9 Å². The number of aromatic hydroxyl groups is 2. The van der Waals surface area contributed by atoms with E-state index >= 15 is 0 Å². The summed E-state index contributed by atoms with van der Waals surface area (Å²) in [6.07, 6.45) is 1.00. The summed E-state index contributed by atoms with van der Waals surface area (Å²) >= 11 is 0. The van der Waals surface area contributed by atoms with Gasteiger partial charge in [0.15, 0.2) is 11.5 Å². The maximum Gasteiger partial charge on any atom is 0.302 e. The molecule has 1 aliphatic heterocycles. The van der Waals surface area contributed by atoms with E-state index in [0.717, 1.165) is 64.1 Å². The van der Waals surface area contributed by atoms with Crippen LogP contribution in [0.2, 0.25) is 0 Å². The third kappa shape index (κ3) is 4.49. The number of carbonyl (C=O) groups excluding carboxylic acids is 1. The van der Waals surface area contributed by atoms with E-state index in [1.807, 2.05) is 19.1 Å². The molecule has 0 spiro atoms. The van der Waals surface area contributed by atoms with Crippen LogP contribution in [0.15, 0.2) is 36.4 Å². The standard InChI is InChI=1S/C30H33NO7/c1-5-31-14-18-11-25(34)26(35-3)13-23(18)30-24(15-37-16(2)32)22-9-8-20-21(29(22)38-30)7-6-17-10-19(33)12-27(36-4)28(17)20/h8-13,24,30-31,33-34H,5-7,14-15H2,1-4H3/t24-,30+/m0/s1. The molecule has 5 rings (SSSR count). The van der Waals surface area contributed by atoms with Gasteiger partial charge in [0.25, 0.3) is 0 Å². The van der Waals surface area contributed by atoms with Crippen molar-refractivity contribution in [2.24, 2.45) is 0 Å². The normalized spacial score (nSPS) is 17.2. The van der Waals surface area contributed by atoms with E-state index in [0.29, 0.717) is 18.0 Å². The number of fused-ring (bicyclic) bond motifs is 5. The molecule has 2 atom stereocenters. The van der Waals surface area contributed by atoms with Gasteiger partial charge >= 0.3 is 5.97 Å². The van der Waals surface area contributed by atoms with Crippen LogP contribution in [0.4, 0.5) is 0 Å². The predicted octanol–water partition coefficient (Wildman–Crippen LogP) is 4.77. The third-order valence-electron chi connectivity index (χ3n) is 7.38. The molecule has 1 aliphatic carbocycles. The number of nitrogens with one attached hydrogen (secondary N) is 1. The van der Waals surface area contributed by atoms with Crippen LogP contribution in [0.25, 0.3) is 11.1 Å². The van der Waals surface area contributed by atoms with Crippen LogP contribution in [-0.4, -0.2) is 43.6 Å². The van der Waals surface area contributed by atoms with Gasteiger partial charge in [0.2, 0.25) is 0 Å². The molecular formula is C30H33NO7. The average molecular weight is 520 g/mol. The van der Waals surface area contributed by atoms with E-state index in [1.165, 1.54) is 14.0 Å². The Morgan fingerprint density at radius 3 is 2.55 bits per heavy atom. The highest BCUT2D eigenvalue weighted by atomic mass is 16.5. The fourth-order valence-electron chi connectivity index (χ4n) is 5.65. The van der Waals surface area contributed by atoms with Gasteiger partial charge in [-0.05, 0) is 54.3 Å². The highest BCUT2D eigenvalue weighted by molar-refractivity contribution is 5.82. The maximum atomic E-state index is 11.8. The molecule has 3 N–H and O–H groups in total. The molecule has 200 valence electrons. The van der Waals surface area contributed by atoms with Gasteiger partial charge in [-0.1, -0.05) is 19.1 Å². The molecule has 3 aromatic rings. The lowest BCUT2D eigenvalue weighted by Crippen LogP contribution is -2.20. The predicted molar refractivity (Wildman–Crippen MR) is 142 cm³/mol. The lowest BCUT2D eigenvalue weighted by molar-refractivity contribution is -0.141. The summed E-state index contributed by atoms with van der Waals surface area (Å²) in [7, 11) is 3.12. The van der Waals surface area contributed by atoms with Crippen molar-refractivity contribution in [1.29, 1.82) is 0 Å².